The highest BCUT2D eigenvalue weighted by atomic mass is 35.5. The van der Waals surface area contributed by atoms with E-state index in [1.54, 1.807) is 13.0 Å². The Morgan fingerprint density at radius 2 is 2.24 bits per heavy atom. The molecule has 5 nitrogen and oxygen atoms in total. The van der Waals surface area contributed by atoms with Gasteiger partial charge in [0, 0.05) is 17.6 Å². The fourth-order valence-corrected chi connectivity index (χ4v) is 2.12. The van der Waals surface area contributed by atoms with Crippen LogP contribution < -0.4 is 5.32 Å². The minimum absolute atomic E-state index is 0.143. The predicted molar refractivity (Wildman–Crippen MR) is 82.3 cm³/mol. The first-order valence-electron chi connectivity index (χ1n) is 6.64. The summed E-state index contributed by atoms with van der Waals surface area (Å²) in [5.74, 6) is 0.219. The Kier molecular flexibility index (Phi) is 4.98. The van der Waals surface area contributed by atoms with Crippen LogP contribution in [0.15, 0.2) is 34.9 Å². The van der Waals surface area contributed by atoms with Crippen molar-refractivity contribution in [1.82, 2.24) is 10.1 Å². The van der Waals surface area contributed by atoms with Crippen LogP contribution >= 0.6 is 11.6 Å². The third kappa shape index (κ3) is 4.31. The number of rotatable bonds is 5. The molecule has 1 atom stereocenters. The number of carbonyl (C=O) groups is 1. The van der Waals surface area contributed by atoms with Gasteiger partial charge in [0.15, 0.2) is 0 Å². The van der Waals surface area contributed by atoms with Crippen molar-refractivity contribution in [2.45, 2.75) is 26.4 Å². The zero-order valence-electron chi connectivity index (χ0n) is 12.3. The second kappa shape index (κ2) is 6.74. The van der Waals surface area contributed by atoms with Crippen molar-refractivity contribution in [3.8, 4) is 0 Å². The van der Waals surface area contributed by atoms with E-state index in [0.29, 0.717) is 17.5 Å². The molecule has 1 N–H and O–H groups in total. The summed E-state index contributed by atoms with van der Waals surface area (Å²) in [5.41, 5.74) is 1.78. The van der Waals surface area contributed by atoms with Gasteiger partial charge in [-0.3, -0.25) is 15.0 Å². The van der Waals surface area contributed by atoms with Crippen molar-refractivity contribution in [3.05, 3.63) is 46.6 Å². The smallest absolute Gasteiger partial charge is 0.243 e. The third-order valence-corrected chi connectivity index (χ3v) is 3.47. The number of aromatic nitrogens is 1. The monoisotopic (exact) mass is 307 g/mol. The highest BCUT2D eigenvalue weighted by Crippen LogP contribution is 2.14. The molecule has 0 aliphatic rings. The standard InChI is InChI=1S/C15H18ClN3O2/c1-10-7-14(21-18-10)17-15(20)11(2)19(3)9-12-5-4-6-13(16)8-12/h4-8,11H,9H2,1-3H3,(H,17,20). The lowest BCUT2D eigenvalue weighted by Crippen LogP contribution is -2.39. The van der Waals surface area contributed by atoms with Crippen molar-refractivity contribution in [2.75, 3.05) is 12.4 Å². The Labute approximate surface area is 128 Å². The van der Waals surface area contributed by atoms with Gasteiger partial charge in [-0.25, -0.2) is 0 Å². The fourth-order valence-electron chi connectivity index (χ4n) is 1.91. The Hall–Kier alpha value is -1.85. The summed E-state index contributed by atoms with van der Waals surface area (Å²) < 4.78 is 4.98. The zero-order valence-corrected chi connectivity index (χ0v) is 13.0. The number of halogens is 1. The summed E-state index contributed by atoms with van der Waals surface area (Å²) in [4.78, 5) is 14.1. The van der Waals surface area contributed by atoms with Crippen molar-refractivity contribution >= 4 is 23.4 Å². The number of likely N-dealkylation sites (N-methyl/N-ethyl adjacent to an activating group) is 1. The molecule has 1 aromatic carbocycles. The molecule has 1 unspecified atom stereocenters. The molecule has 2 rings (SSSR count). The number of anilines is 1. The average molecular weight is 308 g/mol. The highest BCUT2D eigenvalue weighted by Gasteiger charge is 2.19. The topological polar surface area (TPSA) is 58.4 Å². The summed E-state index contributed by atoms with van der Waals surface area (Å²) in [6.45, 7) is 4.27. The molecule has 0 saturated carbocycles. The summed E-state index contributed by atoms with van der Waals surface area (Å²) in [5, 5.41) is 7.13. The average Bonchev–Trinajstić information content (AvgIpc) is 2.83. The van der Waals surface area contributed by atoms with Gasteiger partial charge in [0.25, 0.3) is 0 Å². The number of benzene rings is 1. The van der Waals surface area contributed by atoms with Gasteiger partial charge < -0.3 is 4.52 Å². The Balaban J connectivity index is 1.95. The molecule has 0 aliphatic heterocycles. The van der Waals surface area contributed by atoms with Crippen LogP contribution in [0.1, 0.15) is 18.2 Å². The summed E-state index contributed by atoms with van der Waals surface area (Å²) in [7, 11) is 1.89. The number of aryl methyl sites for hydroxylation is 1. The van der Waals surface area contributed by atoms with Crippen molar-refractivity contribution in [3.63, 3.8) is 0 Å². The van der Waals surface area contributed by atoms with E-state index in [1.165, 1.54) is 0 Å². The number of hydrogen-bond acceptors (Lipinski definition) is 4. The van der Waals surface area contributed by atoms with Crippen LogP contribution in [-0.2, 0) is 11.3 Å². The number of amides is 1. The van der Waals surface area contributed by atoms with Gasteiger partial charge in [-0.15, -0.1) is 0 Å². The molecule has 0 saturated heterocycles. The first-order chi connectivity index (χ1) is 9.95. The maximum Gasteiger partial charge on any atom is 0.243 e. The molecule has 0 fully saturated rings. The SMILES string of the molecule is Cc1cc(NC(=O)C(C)N(C)Cc2cccc(Cl)c2)on1. The van der Waals surface area contributed by atoms with E-state index in [-0.39, 0.29) is 11.9 Å². The quantitative estimate of drug-likeness (QED) is 0.922. The molecule has 0 spiro atoms. The molecule has 2 aromatic rings. The molecule has 1 heterocycles. The van der Waals surface area contributed by atoms with Gasteiger partial charge in [0.2, 0.25) is 11.8 Å². The van der Waals surface area contributed by atoms with Crippen molar-refractivity contribution in [1.29, 1.82) is 0 Å². The minimum atomic E-state index is -0.311. The fraction of sp³-hybridized carbons (Fsp3) is 0.333. The van der Waals surface area contributed by atoms with E-state index in [0.717, 1.165) is 11.3 Å². The highest BCUT2D eigenvalue weighted by molar-refractivity contribution is 6.30. The molecule has 0 aliphatic carbocycles. The molecule has 0 bridgehead atoms. The molecular formula is C15H18ClN3O2. The van der Waals surface area contributed by atoms with Crippen LogP contribution in [0.3, 0.4) is 0 Å². The van der Waals surface area contributed by atoms with Gasteiger partial charge in [0.1, 0.15) is 0 Å². The lowest BCUT2D eigenvalue weighted by Gasteiger charge is -2.23. The van der Waals surface area contributed by atoms with Gasteiger partial charge in [0.05, 0.1) is 11.7 Å². The Bertz CT molecular complexity index is 627. The number of nitrogens with one attached hydrogen (secondary N) is 1. The maximum absolute atomic E-state index is 12.2. The number of hydrogen-bond donors (Lipinski definition) is 1. The molecular weight excluding hydrogens is 290 g/mol. The van der Waals surface area contributed by atoms with Gasteiger partial charge in [-0.05, 0) is 38.6 Å². The van der Waals surface area contributed by atoms with Gasteiger partial charge in [-0.2, -0.15) is 0 Å². The first kappa shape index (κ1) is 15.5. The van der Waals surface area contributed by atoms with E-state index >= 15 is 0 Å². The van der Waals surface area contributed by atoms with E-state index in [1.807, 2.05) is 43.1 Å². The molecule has 1 aromatic heterocycles. The molecule has 1 amide bonds. The van der Waals surface area contributed by atoms with Crippen LogP contribution in [-0.4, -0.2) is 29.1 Å². The Morgan fingerprint density at radius 3 is 2.86 bits per heavy atom. The third-order valence-electron chi connectivity index (χ3n) is 3.24. The van der Waals surface area contributed by atoms with Crippen LogP contribution in [0.2, 0.25) is 5.02 Å². The van der Waals surface area contributed by atoms with Gasteiger partial charge in [-0.1, -0.05) is 28.9 Å². The second-order valence-electron chi connectivity index (χ2n) is 5.04. The lowest BCUT2D eigenvalue weighted by molar-refractivity contribution is -0.120. The Morgan fingerprint density at radius 1 is 1.48 bits per heavy atom. The second-order valence-corrected chi connectivity index (χ2v) is 5.48. The molecule has 112 valence electrons. The van der Waals surface area contributed by atoms with Crippen LogP contribution in [0.25, 0.3) is 0 Å². The maximum atomic E-state index is 12.2. The van der Waals surface area contributed by atoms with E-state index in [2.05, 4.69) is 10.5 Å². The van der Waals surface area contributed by atoms with Crippen LogP contribution in [0.5, 0.6) is 0 Å². The molecule has 0 radical (unpaired) electrons. The summed E-state index contributed by atoms with van der Waals surface area (Å²) >= 11 is 5.96. The van der Waals surface area contributed by atoms with Gasteiger partial charge >= 0.3 is 0 Å². The first-order valence-corrected chi connectivity index (χ1v) is 7.02. The normalized spacial score (nSPS) is 12.4. The number of carbonyl (C=O) groups excluding carboxylic acids is 1. The summed E-state index contributed by atoms with van der Waals surface area (Å²) in [6, 6.07) is 8.96. The lowest BCUT2D eigenvalue weighted by atomic mass is 10.2. The molecule has 6 heteroatoms. The predicted octanol–water partition coefficient (Wildman–Crippen LogP) is 3.10. The van der Waals surface area contributed by atoms with E-state index in [4.69, 9.17) is 16.1 Å². The van der Waals surface area contributed by atoms with Crippen molar-refractivity contribution < 1.29 is 9.32 Å². The summed E-state index contributed by atoms with van der Waals surface area (Å²) in [6.07, 6.45) is 0. The van der Waals surface area contributed by atoms with E-state index in [9.17, 15) is 4.79 Å². The van der Waals surface area contributed by atoms with Crippen LogP contribution in [0.4, 0.5) is 5.88 Å². The van der Waals surface area contributed by atoms with Crippen molar-refractivity contribution in [2.24, 2.45) is 0 Å². The number of nitrogens with zero attached hydrogens (tertiary/aromatic N) is 2. The largest absolute Gasteiger partial charge is 0.338 e. The zero-order chi connectivity index (χ0) is 15.4. The van der Waals surface area contributed by atoms with E-state index < -0.39 is 0 Å². The van der Waals surface area contributed by atoms with Crippen LogP contribution in [0, 0.1) is 6.92 Å². The molecule has 21 heavy (non-hydrogen) atoms. The minimum Gasteiger partial charge on any atom is -0.338 e.